The predicted molar refractivity (Wildman–Crippen MR) is 139 cm³/mol. The first kappa shape index (κ1) is 29.1. The molecule has 11 heteroatoms. The minimum Gasteiger partial charge on any atom is -0.387 e. The average molecular weight is 567 g/mol. The first-order chi connectivity index (χ1) is 18.3. The quantitative estimate of drug-likeness (QED) is 0.484. The summed E-state index contributed by atoms with van der Waals surface area (Å²) in [5.74, 6) is -1.10. The van der Waals surface area contributed by atoms with Gasteiger partial charge in [0.2, 0.25) is 5.91 Å². The number of hydrogen-bond donors (Lipinski definition) is 2. The highest BCUT2D eigenvalue weighted by atomic mass is 32.2. The molecule has 0 aromatic heterocycles. The van der Waals surface area contributed by atoms with E-state index in [0.29, 0.717) is 44.1 Å². The van der Waals surface area contributed by atoms with Crippen LogP contribution in [0, 0.1) is 0 Å². The maximum atomic E-state index is 13.6. The summed E-state index contributed by atoms with van der Waals surface area (Å²) in [4.78, 5) is 28.8. The van der Waals surface area contributed by atoms with Gasteiger partial charge < -0.3 is 15.3 Å². The van der Waals surface area contributed by atoms with Crippen molar-refractivity contribution in [1.29, 1.82) is 0 Å². The average Bonchev–Trinajstić information content (AvgIpc) is 3.34. The molecule has 2 fully saturated rings. The fraction of sp³-hybridized carbons (Fsp3) is 0.500. The SMILES string of the molecule is CC[C@@H]1CC[C@H](C(=O)N[C@@H](c2ccc(C(F)(F)F)cc2)C2(O)CCC2)N1C(=O)c1cccc(S(=O)(=O)CC)c1. The molecular formula is C28H33F3N2O5S. The molecule has 3 atom stereocenters. The number of aliphatic hydroxyl groups is 1. The molecule has 0 spiro atoms. The van der Waals surface area contributed by atoms with Crippen LogP contribution in [0.4, 0.5) is 13.2 Å². The number of benzene rings is 2. The van der Waals surface area contributed by atoms with E-state index in [-0.39, 0.29) is 22.3 Å². The van der Waals surface area contributed by atoms with Gasteiger partial charge in [0.25, 0.3) is 5.91 Å². The predicted octanol–water partition coefficient (Wildman–Crippen LogP) is 4.65. The normalized spacial score (nSPS) is 21.7. The third-order valence-corrected chi connectivity index (χ3v) is 9.68. The molecule has 2 amide bonds. The van der Waals surface area contributed by atoms with Crippen molar-refractivity contribution in [1.82, 2.24) is 10.2 Å². The summed E-state index contributed by atoms with van der Waals surface area (Å²) in [6, 6.07) is 8.04. The Morgan fingerprint density at radius 1 is 1.10 bits per heavy atom. The Morgan fingerprint density at radius 3 is 2.31 bits per heavy atom. The standard InChI is InChI=1S/C28H33F3N2O5S/c1-3-21-13-14-23(33(21)26(35)19-7-5-8-22(17-19)39(37,38)4-2)25(34)32-24(27(36)15-6-16-27)18-9-11-20(12-10-18)28(29,30)31/h5,7-12,17,21,23-24,36H,3-4,6,13-16H2,1-2H3,(H,32,34)/t21-,23-,24+/m1/s1. The lowest BCUT2D eigenvalue weighted by molar-refractivity contribution is -0.137. The highest BCUT2D eigenvalue weighted by Gasteiger charge is 2.47. The topological polar surface area (TPSA) is 104 Å². The van der Waals surface area contributed by atoms with E-state index in [4.69, 9.17) is 0 Å². The Labute approximate surface area is 226 Å². The lowest BCUT2D eigenvalue weighted by Gasteiger charge is -2.44. The smallest absolute Gasteiger partial charge is 0.387 e. The molecule has 1 saturated heterocycles. The fourth-order valence-corrected chi connectivity index (χ4v) is 6.37. The largest absolute Gasteiger partial charge is 0.416 e. The van der Waals surface area contributed by atoms with Crippen LogP contribution in [-0.4, -0.2) is 53.7 Å². The van der Waals surface area contributed by atoms with E-state index in [1.54, 1.807) is 0 Å². The molecule has 0 bridgehead atoms. The number of rotatable bonds is 8. The Hall–Kier alpha value is -2.92. The van der Waals surface area contributed by atoms with Crippen molar-refractivity contribution in [3.05, 3.63) is 65.2 Å². The third kappa shape index (κ3) is 5.84. The van der Waals surface area contributed by atoms with Crippen LogP contribution in [-0.2, 0) is 20.8 Å². The molecule has 2 aliphatic rings. The van der Waals surface area contributed by atoms with Gasteiger partial charge in [-0.15, -0.1) is 0 Å². The summed E-state index contributed by atoms with van der Waals surface area (Å²) in [5, 5.41) is 14.0. The third-order valence-electron chi connectivity index (χ3n) is 7.95. The zero-order valence-corrected chi connectivity index (χ0v) is 22.7. The maximum absolute atomic E-state index is 13.6. The molecule has 0 radical (unpaired) electrons. The molecule has 2 aromatic rings. The number of sulfone groups is 1. The van der Waals surface area contributed by atoms with Crippen molar-refractivity contribution in [2.45, 2.75) is 87.2 Å². The van der Waals surface area contributed by atoms with Gasteiger partial charge in [-0.1, -0.05) is 32.0 Å². The molecule has 2 aromatic carbocycles. The number of alkyl halides is 3. The van der Waals surface area contributed by atoms with Crippen molar-refractivity contribution in [2.75, 3.05) is 5.75 Å². The molecule has 212 valence electrons. The van der Waals surface area contributed by atoms with Crippen LogP contribution < -0.4 is 5.32 Å². The highest BCUT2D eigenvalue weighted by Crippen LogP contribution is 2.43. The van der Waals surface area contributed by atoms with Gasteiger partial charge in [-0.2, -0.15) is 13.2 Å². The Balaban J connectivity index is 1.61. The van der Waals surface area contributed by atoms with Gasteiger partial charge in [0.1, 0.15) is 6.04 Å². The van der Waals surface area contributed by atoms with Crippen LogP contribution in [0.15, 0.2) is 53.4 Å². The van der Waals surface area contributed by atoms with E-state index in [1.165, 1.54) is 48.2 Å². The van der Waals surface area contributed by atoms with Gasteiger partial charge in [0.15, 0.2) is 9.84 Å². The molecule has 1 heterocycles. The van der Waals surface area contributed by atoms with Crippen LogP contribution in [0.1, 0.15) is 79.9 Å². The highest BCUT2D eigenvalue weighted by molar-refractivity contribution is 7.91. The Kier molecular flexibility index (Phi) is 8.14. The van der Waals surface area contributed by atoms with Gasteiger partial charge in [0, 0.05) is 11.6 Å². The first-order valence-corrected chi connectivity index (χ1v) is 14.8. The Morgan fingerprint density at radius 2 is 1.77 bits per heavy atom. The van der Waals surface area contributed by atoms with E-state index in [2.05, 4.69) is 5.32 Å². The number of carbonyl (C=O) groups is 2. The zero-order valence-electron chi connectivity index (χ0n) is 21.9. The number of nitrogens with zero attached hydrogens (tertiary/aromatic N) is 1. The Bertz CT molecular complexity index is 1320. The number of nitrogens with one attached hydrogen (secondary N) is 1. The van der Waals surface area contributed by atoms with Gasteiger partial charge in [-0.25, -0.2) is 8.42 Å². The van der Waals surface area contributed by atoms with Gasteiger partial charge in [-0.05, 0) is 74.4 Å². The number of amides is 2. The van der Waals surface area contributed by atoms with Crippen molar-refractivity contribution in [2.24, 2.45) is 0 Å². The summed E-state index contributed by atoms with van der Waals surface area (Å²) < 4.78 is 64.0. The van der Waals surface area contributed by atoms with Crippen molar-refractivity contribution in [3.8, 4) is 0 Å². The van der Waals surface area contributed by atoms with Gasteiger partial charge >= 0.3 is 6.18 Å². The molecule has 39 heavy (non-hydrogen) atoms. The van der Waals surface area contributed by atoms with Crippen LogP contribution in [0.25, 0.3) is 0 Å². The number of likely N-dealkylation sites (tertiary alicyclic amines) is 1. The van der Waals surface area contributed by atoms with Crippen LogP contribution in [0.2, 0.25) is 0 Å². The molecular weight excluding hydrogens is 533 g/mol. The van der Waals surface area contributed by atoms with E-state index in [1.807, 2.05) is 6.92 Å². The molecule has 1 saturated carbocycles. The van der Waals surface area contributed by atoms with Crippen LogP contribution >= 0.6 is 0 Å². The first-order valence-electron chi connectivity index (χ1n) is 13.2. The molecule has 1 aliphatic heterocycles. The van der Waals surface area contributed by atoms with E-state index >= 15 is 0 Å². The summed E-state index contributed by atoms with van der Waals surface area (Å²) in [6.07, 6.45) is -1.55. The monoisotopic (exact) mass is 566 g/mol. The molecule has 7 nitrogen and oxygen atoms in total. The second-order valence-corrected chi connectivity index (χ2v) is 12.6. The fourth-order valence-electron chi connectivity index (χ4n) is 5.45. The number of halogens is 3. The van der Waals surface area contributed by atoms with E-state index < -0.39 is 51.1 Å². The minimum atomic E-state index is -4.52. The van der Waals surface area contributed by atoms with Crippen molar-refractivity contribution >= 4 is 21.7 Å². The van der Waals surface area contributed by atoms with E-state index in [9.17, 15) is 36.3 Å². The second kappa shape index (κ2) is 10.9. The minimum absolute atomic E-state index is 0.0265. The number of carbonyl (C=O) groups excluding carboxylic acids is 2. The van der Waals surface area contributed by atoms with Crippen LogP contribution in [0.5, 0.6) is 0 Å². The van der Waals surface area contributed by atoms with Gasteiger partial charge in [0.05, 0.1) is 27.9 Å². The van der Waals surface area contributed by atoms with Crippen LogP contribution in [0.3, 0.4) is 0 Å². The van der Waals surface area contributed by atoms with Crippen molar-refractivity contribution < 1.29 is 36.3 Å². The lowest BCUT2D eigenvalue weighted by atomic mass is 9.72. The van der Waals surface area contributed by atoms with Gasteiger partial charge in [-0.3, -0.25) is 9.59 Å². The lowest BCUT2D eigenvalue weighted by Crippen LogP contribution is -2.55. The summed E-state index contributed by atoms with van der Waals surface area (Å²) in [7, 11) is -3.55. The molecule has 0 unspecified atom stereocenters. The number of hydrogen-bond acceptors (Lipinski definition) is 5. The summed E-state index contributed by atoms with van der Waals surface area (Å²) in [6.45, 7) is 3.41. The van der Waals surface area contributed by atoms with E-state index in [0.717, 1.165) is 12.1 Å². The molecule has 1 aliphatic carbocycles. The summed E-state index contributed by atoms with van der Waals surface area (Å²) >= 11 is 0. The summed E-state index contributed by atoms with van der Waals surface area (Å²) in [5.41, 5.74) is -1.64. The van der Waals surface area contributed by atoms with Crippen molar-refractivity contribution in [3.63, 3.8) is 0 Å². The maximum Gasteiger partial charge on any atom is 0.416 e. The molecule has 4 rings (SSSR count). The second-order valence-electron chi connectivity index (χ2n) is 10.3. The molecule has 2 N–H and O–H groups in total. The zero-order chi connectivity index (χ0) is 28.6.